The fraction of sp³-hybridized carbons (Fsp3) is 0.379. The second-order valence-electron chi connectivity index (χ2n) is 9.26. The Morgan fingerprint density at radius 3 is 2.14 bits per heavy atom. The van der Waals surface area contributed by atoms with E-state index < -0.39 is 0 Å². The second-order valence-corrected chi connectivity index (χ2v) is 10.1. The Labute approximate surface area is 214 Å². The number of nitrogens with zero attached hydrogens (tertiary/aromatic N) is 1. The van der Waals surface area contributed by atoms with Crippen LogP contribution in [0.15, 0.2) is 69.5 Å². The molecule has 0 atom stereocenters. The van der Waals surface area contributed by atoms with Gasteiger partial charge in [0.25, 0.3) is 0 Å². The minimum atomic E-state index is -0.364. The summed E-state index contributed by atoms with van der Waals surface area (Å²) in [7, 11) is 1.62. The van der Waals surface area contributed by atoms with Gasteiger partial charge in [0.1, 0.15) is 6.61 Å². The zero-order chi connectivity index (χ0) is 24.5. The molecule has 1 aliphatic heterocycles. The van der Waals surface area contributed by atoms with Crippen molar-refractivity contribution in [1.29, 1.82) is 0 Å². The standard InChI is InChI=1S/C29H30BrNO4/c1-3-31-21-11-7-13-23(32)27(21)26(28-22(31)12-8-14-24(28)33)19-15-20(30)29(25(16-19)34-2)35-17-18-9-5-4-6-10-18/h4-6,9-10,15-16,26H,3,7-8,11-14,17H2,1-2H3. The number of allylic oxidation sites excluding steroid dienone is 4. The maximum Gasteiger partial charge on any atom is 0.175 e. The average Bonchev–Trinajstić information content (AvgIpc) is 2.87. The molecule has 6 heteroatoms. The highest BCUT2D eigenvalue weighted by Gasteiger charge is 2.43. The van der Waals surface area contributed by atoms with E-state index in [4.69, 9.17) is 9.47 Å². The lowest BCUT2D eigenvalue weighted by Gasteiger charge is -2.43. The van der Waals surface area contributed by atoms with Crippen molar-refractivity contribution in [3.8, 4) is 11.5 Å². The van der Waals surface area contributed by atoms with Crippen LogP contribution >= 0.6 is 15.9 Å². The Balaban J connectivity index is 1.61. The van der Waals surface area contributed by atoms with Crippen LogP contribution < -0.4 is 9.47 Å². The summed E-state index contributed by atoms with van der Waals surface area (Å²) in [5.41, 5.74) is 5.73. The van der Waals surface area contributed by atoms with Gasteiger partial charge in [0.15, 0.2) is 23.1 Å². The van der Waals surface area contributed by atoms with Crippen molar-refractivity contribution < 1.29 is 19.1 Å². The molecule has 0 saturated heterocycles. The maximum atomic E-state index is 13.3. The van der Waals surface area contributed by atoms with Gasteiger partial charge in [0.05, 0.1) is 11.6 Å². The van der Waals surface area contributed by atoms with Crippen molar-refractivity contribution in [2.75, 3.05) is 13.7 Å². The summed E-state index contributed by atoms with van der Waals surface area (Å²) in [4.78, 5) is 28.9. The van der Waals surface area contributed by atoms with Gasteiger partial charge in [0, 0.05) is 47.8 Å². The number of ether oxygens (including phenoxy) is 2. The van der Waals surface area contributed by atoms with Crippen LogP contribution in [0.2, 0.25) is 0 Å². The monoisotopic (exact) mass is 535 g/mol. The Bertz CT molecular complexity index is 1190. The van der Waals surface area contributed by atoms with Gasteiger partial charge >= 0.3 is 0 Å². The molecule has 2 aromatic carbocycles. The largest absolute Gasteiger partial charge is 0.493 e. The summed E-state index contributed by atoms with van der Waals surface area (Å²) in [6.07, 6.45) is 4.51. The molecule has 2 aliphatic carbocycles. The van der Waals surface area contributed by atoms with E-state index >= 15 is 0 Å². The Kier molecular flexibility index (Phi) is 6.83. The van der Waals surface area contributed by atoms with E-state index in [-0.39, 0.29) is 17.5 Å². The highest BCUT2D eigenvalue weighted by atomic mass is 79.9. The van der Waals surface area contributed by atoms with Crippen molar-refractivity contribution in [2.45, 2.75) is 58.0 Å². The third-order valence-corrected chi connectivity index (χ3v) is 7.80. The molecule has 35 heavy (non-hydrogen) atoms. The summed E-state index contributed by atoms with van der Waals surface area (Å²) in [5, 5.41) is 0. The minimum Gasteiger partial charge on any atom is -0.493 e. The van der Waals surface area contributed by atoms with Crippen LogP contribution in [0.3, 0.4) is 0 Å². The van der Waals surface area contributed by atoms with Crippen molar-refractivity contribution in [3.63, 3.8) is 0 Å². The smallest absolute Gasteiger partial charge is 0.175 e. The van der Waals surface area contributed by atoms with Gasteiger partial charge in [-0.15, -0.1) is 0 Å². The van der Waals surface area contributed by atoms with E-state index in [0.29, 0.717) is 30.9 Å². The first-order valence-corrected chi connectivity index (χ1v) is 13.2. The molecular weight excluding hydrogens is 506 g/mol. The van der Waals surface area contributed by atoms with Crippen molar-refractivity contribution in [1.82, 2.24) is 4.90 Å². The van der Waals surface area contributed by atoms with Gasteiger partial charge in [-0.1, -0.05) is 30.3 Å². The van der Waals surface area contributed by atoms with Crippen LogP contribution in [0.25, 0.3) is 0 Å². The molecule has 0 unspecified atom stereocenters. The lowest BCUT2D eigenvalue weighted by atomic mass is 9.71. The second kappa shape index (κ2) is 10.0. The van der Waals surface area contributed by atoms with Crippen LogP contribution in [-0.2, 0) is 16.2 Å². The summed E-state index contributed by atoms with van der Waals surface area (Å²) >= 11 is 3.69. The molecule has 0 N–H and O–H groups in total. The SMILES string of the molecule is CCN1C2=C(C(=O)CCC2)C(c2cc(Br)c(OCc3ccccc3)c(OC)c2)C2=C1CCCC2=O. The number of hydrogen-bond donors (Lipinski definition) is 0. The van der Waals surface area contributed by atoms with Gasteiger partial charge in [-0.05, 0) is 71.8 Å². The highest BCUT2D eigenvalue weighted by Crippen LogP contribution is 2.51. The summed E-state index contributed by atoms with van der Waals surface area (Å²) < 4.78 is 12.6. The summed E-state index contributed by atoms with van der Waals surface area (Å²) in [5.74, 6) is 1.13. The number of benzene rings is 2. The van der Waals surface area contributed by atoms with Crippen LogP contribution in [-0.4, -0.2) is 30.1 Å². The number of halogens is 1. The quantitative estimate of drug-likeness (QED) is 0.424. The van der Waals surface area contributed by atoms with Gasteiger partial charge in [-0.3, -0.25) is 9.59 Å². The van der Waals surface area contributed by atoms with Crippen LogP contribution in [0, 0.1) is 0 Å². The molecule has 0 saturated carbocycles. The number of rotatable bonds is 6. The number of carbonyl (C=O) groups is 2. The number of carbonyl (C=O) groups excluding carboxylic acids is 2. The average molecular weight is 536 g/mol. The summed E-state index contributed by atoms with van der Waals surface area (Å²) in [6, 6.07) is 13.9. The van der Waals surface area contributed by atoms with Crippen molar-refractivity contribution in [3.05, 3.63) is 80.6 Å². The molecular formula is C29H30BrNO4. The number of methoxy groups -OCH3 is 1. The molecule has 0 aromatic heterocycles. The van der Waals surface area contributed by atoms with Gasteiger partial charge in [0.2, 0.25) is 0 Å². The Morgan fingerprint density at radius 1 is 0.943 bits per heavy atom. The molecule has 0 bridgehead atoms. The Hall–Kier alpha value is -2.86. The van der Waals surface area contributed by atoms with Gasteiger partial charge in [-0.2, -0.15) is 0 Å². The van der Waals surface area contributed by atoms with E-state index in [1.165, 1.54) is 0 Å². The first kappa shape index (κ1) is 23.9. The maximum absolute atomic E-state index is 13.3. The molecule has 0 radical (unpaired) electrons. The lowest BCUT2D eigenvalue weighted by Crippen LogP contribution is -2.39. The molecule has 0 fully saturated rings. The molecule has 0 amide bonds. The Morgan fingerprint density at radius 2 is 1.57 bits per heavy atom. The van der Waals surface area contributed by atoms with Crippen molar-refractivity contribution in [2.24, 2.45) is 0 Å². The minimum absolute atomic E-state index is 0.152. The predicted octanol–water partition coefficient (Wildman–Crippen LogP) is 6.47. The zero-order valence-electron chi connectivity index (χ0n) is 20.2. The molecule has 2 aromatic rings. The predicted molar refractivity (Wildman–Crippen MR) is 138 cm³/mol. The number of Topliss-reactive ketones (excluding diaryl/α,β-unsaturated/α-hetero) is 2. The summed E-state index contributed by atoms with van der Waals surface area (Å²) in [6.45, 7) is 3.28. The molecule has 5 nitrogen and oxygen atoms in total. The van der Waals surface area contributed by atoms with Gasteiger partial charge < -0.3 is 14.4 Å². The first-order chi connectivity index (χ1) is 17.0. The van der Waals surface area contributed by atoms with E-state index in [9.17, 15) is 9.59 Å². The molecule has 182 valence electrons. The van der Waals surface area contributed by atoms with E-state index in [1.807, 2.05) is 42.5 Å². The van der Waals surface area contributed by atoms with E-state index in [0.717, 1.165) is 70.4 Å². The molecule has 0 spiro atoms. The fourth-order valence-corrected chi connectivity index (χ4v) is 6.28. The molecule has 5 rings (SSSR count). The molecule has 3 aliphatic rings. The van der Waals surface area contributed by atoms with E-state index in [2.05, 4.69) is 27.8 Å². The molecule has 1 heterocycles. The van der Waals surface area contributed by atoms with Crippen molar-refractivity contribution >= 4 is 27.5 Å². The third-order valence-electron chi connectivity index (χ3n) is 7.21. The zero-order valence-corrected chi connectivity index (χ0v) is 21.8. The lowest BCUT2D eigenvalue weighted by molar-refractivity contribution is -0.117. The first-order valence-electron chi connectivity index (χ1n) is 12.4. The highest BCUT2D eigenvalue weighted by molar-refractivity contribution is 9.10. The topological polar surface area (TPSA) is 55.8 Å². The third kappa shape index (κ3) is 4.33. The van der Waals surface area contributed by atoms with Crippen LogP contribution in [0.5, 0.6) is 11.5 Å². The normalized spacial score (nSPS) is 18.5. The van der Waals surface area contributed by atoms with E-state index in [1.54, 1.807) is 7.11 Å². The number of ketones is 2. The number of hydrogen-bond acceptors (Lipinski definition) is 5. The fourth-order valence-electron chi connectivity index (χ4n) is 5.71. The van der Waals surface area contributed by atoms with Crippen LogP contribution in [0.1, 0.15) is 62.5 Å². The van der Waals surface area contributed by atoms with Gasteiger partial charge in [-0.25, -0.2) is 0 Å². The van der Waals surface area contributed by atoms with Crippen LogP contribution in [0.4, 0.5) is 0 Å².